The highest BCUT2D eigenvalue weighted by molar-refractivity contribution is 7.89. The van der Waals surface area contributed by atoms with Crippen LogP contribution in [0, 0.1) is 6.92 Å². The number of halogens is 2. The van der Waals surface area contributed by atoms with Gasteiger partial charge in [0, 0.05) is 11.6 Å². The Morgan fingerprint density at radius 2 is 1.74 bits per heavy atom. The average molecular weight is 479 g/mol. The molecule has 0 aromatic heterocycles. The molecule has 0 radical (unpaired) electrons. The maximum atomic E-state index is 12.6. The van der Waals surface area contributed by atoms with Crippen LogP contribution in [0.4, 0.5) is 5.69 Å². The van der Waals surface area contributed by atoms with Crippen LogP contribution in [0.1, 0.15) is 11.1 Å². The van der Waals surface area contributed by atoms with Gasteiger partial charge in [-0.25, -0.2) is 13.1 Å². The van der Waals surface area contributed by atoms with Crippen LogP contribution < -0.4 is 14.8 Å². The Morgan fingerprint density at radius 1 is 1.00 bits per heavy atom. The highest BCUT2D eigenvalue weighted by Gasteiger charge is 2.16. The van der Waals surface area contributed by atoms with Crippen LogP contribution in [-0.4, -0.2) is 20.9 Å². The number of sulfonamides is 1. The summed E-state index contributed by atoms with van der Waals surface area (Å²) in [6, 6.07) is 18.4. The van der Waals surface area contributed by atoms with Crippen molar-refractivity contribution in [1.29, 1.82) is 0 Å². The molecule has 0 aliphatic carbocycles. The number of carbonyl (C=O) groups is 1. The van der Waals surface area contributed by atoms with Crippen molar-refractivity contribution in [2.45, 2.75) is 18.4 Å². The number of nitrogens with one attached hydrogen (secondary N) is 2. The predicted molar refractivity (Wildman–Crippen MR) is 122 cm³/mol. The molecule has 1 amide bonds. The van der Waals surface area contributed by atoms with E-state index in [1.165, 1.54) is 24.3 Å². The van der Waals surface area contributed by atoms with E-state index in [0.29, 0.717) is 27.0 Å². The zero-order valence-corrected chi connectivity index (χ0v) is 18.9. The van der Waals surface area contributed by atoms with Crippen LogP contribution in [0.15, 0.2) is 71.6 Å². The van der Waals surface area contributed by atoms with Gasteiger partial charge in [-0.1, -0.05) is 53.5 Å². The lowest BCUT2D eigenvalue weighted by molar-refractivity contribution is -0.118. The van der Waals surface area contributed by atoms with Gasteiger partial charge in [0.1, 0.15) is 5.75 Å². The second-order valence-corrected chi connectivity index (χ2v) is 9.31. The summed E-state index contributed by atoms with van der Waals surface area (Å²) in [5.41, 5.74) is 1.86. The third kappa shape index (κ3) is 6.45. The van der Waals surface area contributed by atoms with Gasteiger partial charge in [0.25, 0.3) is 5.91 Å². The Labute approximate surface area is 191 Å². The van der Waals surface area contributed by atoms with Gasteiger partial charge in [-0.05, 0) is 54.4 Å². The molecule has 3 rings (SSSR count). The molecule has 0 heterocycles. The summed E-state index contributed by atoms with van der Waals surface area (Å²) in [5, 5.41) is 3.41. The number of hydrogen-bond acceptors (Lipinski definition) is 4. The Kier molecular flexibility index (Phi) is 7.56. The molecule has 3 aromatic carbocycles. The first-order valence-electron chi connectivity index (χ1n) is 9.26. The van der Waals surface area contributed by atoms with Crippen LogP contribution in [0.3, 0.4) is 0 Å². The van der Waals surface area contributed by atoms with Gasteiger partial charge in [0.15, 0.2) is 6.61 Å². The second kappa shape index (κ2) is 10.2. The van der Waals surface area contributed by atoms with E-state index in [1.54, 1.807) is 19.1 Å². The number of carbonyl (C=O) groups excluding carboxylic acids is 1. The minimum Gasteiger partial charge on any atom is -0.483 e. The van der Waals surface area contributed by atoms with Crippen LogP contribution in [-0.2, 0) is 21.4 Å². The standard InChI is InChI=1S/C22H20Cl2N2O4S/c1-15-11-18(31(28,29)25-13-16-5-3-2-4-6-16)8-10-21(15)30-14-22(27)26-20-9-7-17(23)12-19(20)24/h2-12,25H,13-14H2,1H3,(H,26,27). The van der Waals surface area contributed by atoms with E-state index in [0.717, 1.165) is 5.56 Å². The molecular weight excluding hydrogens is 459 g/mol. The Balaban J connectivity index is 1.60. The van der Waals surface area contributed by atoms with Gasteiger partial charge in [-0.3, -0.25) is 4.79 Å². The molecule has 0 aliphatic rings. The molecule has 0 bridgehead atoms. The number of anilines is 1. The van der Waals surface area contributed by atoms with Crippen LogP contribution in [0.5, 0.6) is 5.75 Å². The number of amides is 1. The van der Waals surface area contributed by atoms with E-state index in [1.807, 2.05) is 30.3 Å². The SMILES string of the molecule is Cc1cc(S(=O)(=O)NCc2ccccc2)ccc1OCC(=O)Nc1ccc(Cl)cc1Cl. The minimum atomic E-state index is -3.69. The van der Waals surface area contributed by atoms with Gasteiger partial charge in [-0.15, -0.1) is 0 Å². The third-order valence-corrected chi connectivity index (χ3v) is 6.28. The summed E-state index contributed by atoms with van der Waals surface area (Å²) in [7, 11) is -3.69. The monoisotopic (exact) mass is 478 g/mol. The molecule has 0 atom stereocenters. The maximum absolute atomic E-state index is 12.6. The first kappa shape index (κ1) is 23.1. The molecule has 162 valence electrons. The number of benzene rings is 3. The normalized spacial score (nSPS) is 11.2. The van der Waals surface area contributed by atoms with Crippen LogP contribution >= 0.6 is 23.2 Å². The van der Waals surface area contributed by atoms with Crippen molar-refractivity contribution in [1.82, 2.24) is 4.72 Å². The molecule has 0 saturated carbocycles. The van der Waals surface area contributed by atoms with E-state index in [4.69, 9.17) is 27.9 Å². The largest absolute Gasteiger partial charge is 0.483 e. The number of rotatable bonds is 8. The van der Waals surface area contributed by atoms with E-state index >= 15 is 0 Å². The summed E-state index contributed by atoms with van der Waals surface area (Å²) in [4.78, 5) is 12.3. The van der Waals surface area contributed by atoms with Gasteiger partial charge in [0.2, 0.25) is 10.0 Å². The van der Waals surface area contributed by atoms with Crippen molar-refractivity contribution in [3.8, 4) is 5.75 Å². The average Bonchev–Trinajstić information content (AvgIpc) is 2.74. The summed E-state index contributed by atoms with van der Waals surface area (Å²) in [5.74, 6) is -0.00999. The van der Waals surface area contributed by atoms with Crippen molar-refractivity contribution < 1.29 is 17.9 Å². The van der Waals surface area contributed by atoms with Crippen LogP contribution in [0.25, 0.3) is 0 Å². The smallest absolute Gasteiger partial charge is 0.262 e. The summed E-state index contributed by atoms with van der Waals surface area (Å²) < 4.78 is 33.2. The van der Waals surface area contributed by atoms with Crippen molar-refractivity contribution in [3.63, 3.8) is 0 Å². The first-order valence-corrected chi connectivity index (χ1v) is 11.5. The minimum absolute atomic E-state index is 0.116. The highest BCUT2D eigenvalue weighted by atomic mass is 35.5. The van der Waals surface area contributed by atoms with Crippen LogP contribution in [0.2, 0.25) is 10.0 Å². The fraction of sp³-hybridized carbons (Fsp3) is 0.136. The number of ether oxygens (including phenoxy) is 1. The quantitative estimate of drug-likeness (QED) is 0.486. The van der Waals surface area contributed by atoms with E-state index in [2.05, 4.69) is 10.0 Å². The predicted octanol–water partition coefficient (Wildman–Crippen LogP) is 4.80. The number of aryl methyl sites for hydroxylation is 1. The molecule has 0 aliphatic heterocycles. The summed E-state index contributed by atoms with van der Waals surface area (Å²) >= 11 is 11.9. The number of hydrogen-bond donors (Lipinski definition) is 2. The topological polar surface area (TPSA) is 84.5 Å². The lowest BCUT2D eigenvalue weighted by Crippen LogP contribution is -2.23. The molecule has 0 spiro atoms. The van der Waals surface area contributed by atoms with E-state index in [-0.39, 0.29) is 18.0 Å². The molecule has 2 N–H and O–H groups in total. The molecule has 9 heteroatoms. The van der Waals surface area contributed by atoms with Crippen molar-refractivity contribution >= 4 is 44.8 Å². The lowest BCUT2D eigenvalue weighted by atomic mass is 10.2. The van der Waals surface area contributed by atoms with Crippen molar-refractivity contribution in [2.75, 3.05) is 11.9 Å². The maximum Gasteiger partial charge on any atom is 0.262 e. The van der Waals surface area contributed by atoms with Gasteiger partial charge in [-0.2, -0.15) is 0 Å². The van der Waals surface area contributed by atoms with E-state index < -0.39 is 15.9 Å². The second-order valence-electron chi connectivity index (χ2n) is 6.70. The van der Waals surface area contributed by atoms with Gasteiger partial charge >= 0.3 is 0 Å². The first-order chi connectivity index (χ1) is 14.7. The Bertz CT molecular complexity index is 1190. The highest BCUT2D eigenvalue weighted by Crippen LogP contribution is 2.26. The van der Waals surface area contributed by atoms with Gasteiger partial charge < -0.3 is 10.1 Å². The molecule has 0 saturated heterocycles. The fourth-order valence-electron chi connectivity index (χ4n) is 2.73. The molecule has 3 aromatic rings. The van der Waals surface area contributed by atoms with Gasteiger partial charge in [0.05, 0.1) is 15.6 Å². The van der Waals surface area contributed by atoms with Crippen molar-refractivity contribution in [3.05, 3.63) is 87.9 Å². The summed E-state index contributed by atoms with van der Waals surface area (Å²) in [6.45, 7) is 1.63. The molecule has 0 fully saturated rings. The van der Waals surface area contributed by atoms with E-state index in [9.17, 15) is 13.2 Å². The zero-order chi connectivity index (χ0) is 22.4. The molecule has 31 heavy (non-hydrogen) atoms. The summed E-state index contributed by atoms with van der Waals surface area (Å²) in [6.07, 6.45) is 0. The molecular formula is C22H20Cl2N2O4S. The molecule has 0 unspecified atom stereocenters. The molecule has 6 nitrogen and oxygen atoms in total. The lowest BCUT2D eigenvalue weighted by Gasteiger charge is -2.12. The van der Waals surface area contributed by atoms with Crippen molar-refractivity contribution in [2.24, 2.45) is 0 Å². The zero-order valence-electron chi connectivity index (χ0n) is 16.6. The fourth-order valence-corrected chi connectivity index (χ4v) is 4.29. The third-order valence-electron chi connectivity index (χ3n) is 4.33. The Morgan fingerprint density at radius 3 is 2.42 bits per heavy atom. The Hall–Kier alpha value is -2.58.